The summed E-state index contributed by atoms with van der Waals surface area (Å²) >= 11 is 0. The summed E-state index contributed by atoms with van der Waals surface area (Å²) in [6, 6.07) is -0.0759. The average molecular weight is 577 g/mol. The number of fused-ring (bicyclic) bond motifs is 1. The zero-order valence-corrected chi connectivity index (χ0v) is 25.0. The van der Waals surface area contributed by atoms with Crippen LogP contribution in [0.25, 0.3) is 6.20 Å². The summed E-state index contributed by atoms with van der Waals surface area (Å²) in [5.41, 5.74) is 0.426. The number of nitrogens with zero attached hydrogens (tertiary/aromatic N) is 7. The molecule has 1 amide bonds. The molecule has 0 aliphatic carbocycles. The van der Waals surface area contributed by atoms with Gasteiger partial charge >= 0.3 is 0 Å². The number of amides is 1. The molecule has 2 aromatic heterocycles. The predicted octanol–water partition coefficient (Wildman–Crippen LogP) is 2.81. The van der Waals surface area contributed by atoms with Gasteiger partial charge in [-0.3, -0.25) is 13.6 Å². The molecule has 2 fully saturated rings. The number of hydrogen-bond donors (Lipinski definition) is 1. The number of alkyl halides is 2. The van der Waals surface area contributed by atoms with E-state index < -0.39 is 21.5 Å². The lowest BCUT2D eigenvalue weighted by atomic mass is 9.87. The lowest BCUT2D eigenvalue weighted by Gasteiger charge is -2.46. The molecular formula is C27H38F2N8O2S. The van der Waals surface area contributed by atoms with Gasteiger partial charge in [0.2, 0.25) is 5.91 Å². The van der Waals surface area contributed by atoms with Crippen LogP contribution >= 0.6 is 0 Å². The predicted molar refractivity (Wildman–Crippen MR) is 152 cm³/mol. The first-order chi connectivity index (χ1) is 18.7. The highest BCUT2D eigenvalue weighted by Crippen LogP contribution is 2.45. The Balaban J connectivity index is 1.46. The summed E-state index contributed by atoms with van der Waals surface area (Å²) in [5, 5.41) is 3.17. The molecule has 0 saturated carbocycles. The number of carbonyl (C=O) groups excluding carboxylic acids is 1. The molecule has 0 radical (unpaired) electrons. The third-order valence-corrected chi connectivity index (χ3v) is 10.4. The summed E-state index contributed by atoms with van der Waals surface area (Å²) in [6.07, 6.45) is 5.03. The molecule has 3 aliphatic heterocycles. The summed E-state index contributed by atoms with van der Waals surface area (Å²) in [5.74, 6) is 0.0761. The molecule has 10 nitrogen and oxygen atoms in total. The Labute approximate surface area is 236 Å². The fraction of sp³-hybridized carbons (Fsp3) is 0.630. The van der Waals surface area contributed by atoms with E-state index in [2.05, 4.69) is 34.0 Å². The molecule has 0 aromatic carbocycles. The van der Waals surface area contributed by atoms with Gasteiger partial charge in [0, 0.05) is 73.7 Å². The van der Waals surface area contributed by atoms with Crippen molar-refractivity contribution in [3.05, 3.63) is 35.4 Å². The van der Waals surface area contributed by atoms with Gasteiger partial charge in [0.1, 0.15) is 40.0 Å². The van der Waals surface area contributed by atoms with Crippen LogP contribution in [-0.2, 0) is 26.9 Å². The van der Waals surface area contributed by atoms with Gasteiger partial charge in [0.15, 0.2) is 0 Å². The number of carbonyl (C=O) groups is 1. The van der Waals surface area contributed by atoms with Crippen molar-refractivity contribution in [1.29, 1.82) is 0 Å². The third-order valence-electron chi connectivity index (χ3n) is 8.43. The number of aromatic nitrogens is 4. The van der Waals surface area contributed by atoms with Crippen LogP contribution in [0.1, 0.15) is 58.1 Å². The Morgan fingerprint density at radius 1 is 1.20 bits per heavy atom. The van der Waals surface area contributed by atoms with Gasteiger partial charge in [-0.1, -0.05) is 13.8 Å². The van der Waals surface area contributed by atoms with E-state index in [0.29, 0.717) is 55.8 Å². The first kappa shape index (κ1) is 28.4. The first-order valence-electron chi connectivity index (χ1n) is 13.6. The highest BCUT2D eigenvalue weighted by atomic mass is 32.2. The van der Waals surface area contributed by atoms with Crippen LogP contribution in [0.4, 0.5) is 20.4 Å². The maximum atomic E-state index is 14.3. The molecule has 218 valence electrons. The van der Waals surface area contributed by atoms with Gasteiger partial charge in [-0.2, -0.15) is 8.78 Å². The number of aryl methyl sites for hydroxylation is 1. The standard InChI is InChI=1S/C27H38F2N8O2S/c1-17-13-34(9-10-35(17)24(38)26(5)8-11-40(26)39)22-21-23(33-16-32-22)37(15-25(21,3)4)20(30-7)14-36-18(2)31-12-19(36)27(6,28)29/h12,14,16-17,30H,8-11,13,15H2,1-7H3/b20-14+. The fourth-order valence-electron chi connectivity index (χ4n) is 5.95. The Hall–Kier alpha value is -3.09. The summed E-state index contributed by atoms with van der Waals surface area (Å²) < 4.78 is 41.6. The SMILES string of the molecule is CN/C(=C\n1c(C(C)(F)F)cnc1C)N1CC(C)(C)c2c(N3CCN(C(=O)C4(C)CCS4=O)C(C)C3)ncnc21. The van der Waals surface area contributed by atoms with Crippen LogP contribution in [0.2, 0.25) is 0 Å². The highest BCUT2D eigenvalue weighted by Gasteiger charge is 2.51. The Kier molecular flexibility index (Phi) is 6.95. The second-order valence-corrected chi connectivity index (χ2v) is 13.9. The molecule has 40 heavy (non-hydrogen) atoms. The first-order valence-corrected chi connectivity index (χ1v) is 14.9. The van der Waals surface area contributed by atoms with Crippen molar-refractivity contribution in [2.75, 3.05) is 48.8 Å². The van der Waals surface area contributed by atoms with Crippen LogP contribution in [0, 0.1) is 6.92 Å². The van der Waals surface area contributed by atoms with E-state index >= 15 is 0 Å². The van der Waals surface area contributed by atoms with Gasteiger partial charge in [0.25, 0.3) is 5.92 Å². The topological polar surface area (TPSA) is 99.5 Å². The van der Waals surface area contributed by atoms with Crippen molar-refractivity contribution in [2.24, 2.45) is 0 Å². The number of rotatable bonds is 6. The van der Waals surface area contributed by atoms with Crippen molar-refractivity contribution >= 4 is 34.5 Å². The van der Waals surface area contributed by atoms with Gasteiger partial charge in [-0.25, -0.2) is 15.0 Å². The zero-order chi connectivity index (χ0) is 29.2. The second-order valence-electron chi connectivity index (χ2n) is 11.9. The van der Waals surface area contributed by atoms with E-state index in [-0.39, 0.29) is 23.1 Å². The molecule has 3 aliphatic rings. The van der Waals surface area contributed by atoms with E-state index in [1.165, 1.54) is 17.1 Å². The van der Waals surface area contributed by atoms with Gasteiger partial charge in [-0.05, 0) is 27.2 Å². The molecule has 2 aromatic rings. The van der Waals surface area contributed by atoms with Crippen molar-refractivity contribution < 1.29 is 17.8 Å². The Morgan fingerprint density at radius 2 is 1.90 bits per heavy atom. The van der Waals surface area contributed by atoms with E-state index in [1.807, 2.05) is 23.6 Å². The lowest BCUT2D eigenvalue weighted by molar-refractivity contribution is -0.136. The molecule has 13 heteroatoms. The molecular weight excluding hydrogens is 538 g/mol. The van der Waals surface area contributed by atoms with E-state index in [9.17, 15) is 17.8 Å². The van der Waals surface area contributed by atoms with Crippen LogP contribution in [-0.4, -0.2) is 84.3 Å². The molecule has 0 bridgehead atoms. The van der Waals surface area contributed by atoms with E-state index in [0.717, 1.165) is 18.3 Å². The van der Waals surface area contributed by atoms with E-state index in [1.54, 1.807) is 20.2 Å². The maximum Gasteiger partial charge on any atom is 0.286 e. The molecule has 1 N–H and O–H groups in total. The molecule has 5 heterocycles. The van der Waals surface area contributed by atoms with Crippen molar-refractivity contribution in [3.63, 3.8) is 0 Å². The van der Waals surface area contributed by atoms with Crippen molar-refractivity contribution in [2.45, 2.75) is 70.1 Å². The molecule has 0 spiro atoms. The van der Waals surface area contributed by atoms with Crippen LogP contribution in [0.3, 0.4) is 0 Å². The minimum Gasteiger partial charge on any atom is -0.373 e. The lowest BCUT2D eigenvalue weighted by Crippen LogP contribution is -2.63. The second kappa shape index (κ2) is 9.78. The van der Waals surface area contributed by atoms with Crippen LogP contribution < -0.4 is 15.1 Å². The van der Waals surface area contributed by atoms with Gasteiger partial charge in [0.05, 0.1) is 12.4 Å². The molecule has 3 unspecified atom stereocenters. The molecule has 3 atom stereocenters. The molecule has 2 saturated heterocycles. The number of hydrogen-bond acceptors (Lipinski definition) is 8. The van der Waals surface area contributed by atoms with E-state index in [4.69, 9.17) is 4.98 Å². The van der Waals surface area contributed by atoms with Gasteiger partial charge < -0.3 is 20.0 Å². The quantitative estimate of drug-likeness (QED) is 0.561. The van der Waals surface area contributed by atoms with Crippen molar-refractivity contribution in [1.82, 2.24) is 29.7 Å². The van der Waals surface area contributed by atoms with Crippen LogP contribution in [0.5, 0.6) is 0 Å². The number of halogens is 2. The summed E-state index contributed by atoms with van der Waals surface area (Å²) in [7, 11) is 0.636. The summed E-state index contributed by atoms with van der Waals surface area (Å²) in [6.45, 7) is 12.9. The minimum atomic E-state index is -3.06. The smallest absolute Gasteiger partial charge is 0.286 e. The summed E-state index contributed by atoms with van der Waals surface area (Å²) in [4.78, 5) is 32.8. The largest absolute Gasteiger partial charge is 0.373 e. The Morgan fingerprint density at radius 3 is 2.48 bits per heavy atom. The number of piperazine rings is 1. The number of anilines is 2. The van der Waals surface area contributed by atoms with Crippen molar-refractivity contribution in [3.8, 4) is 0 Å². The number of nitrogens with one attached hydrogen (secondary N) is 1. The fourth-order valence-corrected chi connectivity index (χ4v) is 7.24. The average Bonchev–Trinajstić information content (AvgIpc) is 3.41. The van der Waals surface area contributed by atoms with Gasteiger partial charge in [-0.15, -0.1) is 0 Å². The molecule has 5 rings (SSSR count). The highest BCUT2D eigenvalue weighted by molar-refractivity contribution is 7.88. The minimum absolute atomic E-state index is 0.0284. The zero-order valence-electron chi connectivity index (χ0n) is 24.2. The third kappa shape index (κ3) is 4.55. The Bertz CT molecular complexity index is 1390. The number of imidazole rings is 1. The normalized spacial score (nSPS) is 26.5. The monoisotopic (exact) mass is 576 g/mol. The van der Waals surface area contributed by atoms with Crippen LogP contribution in [0.15, 0.2) is 18.3 Å². The maximum absolute atomic E-state index is 14.3.